The third kappa shape index (κ3) is 5.81. The first kappa shape index (κ1) is 19.9. The first-order valence-electron chi connectivity index (χ1n) is 9.31. The number of likely N-dealkylation sites (tertiary alicyclic amines) is 1. The molecule has 1 saturated heterocycles. The fourth-order valence-corrected chi connectivity index (χ4v) is 3.77. The molecule has 0 spiro atoms. The molecule has 4 nitrogen and oxygen atoms in total. The van der Waals surface area contributed by atoms with Gasteiger partial charge in [0.15, 0.2) is 0 Å². The Kier molecular flexibility index (Phi) is 6.22. The van der Waals surface area contributed by atoms with E-state index >= 15 is 0 Å². The number of amides is 1. The molecule has 1 N–H and O–H groups in total. The van der Waals surface area contributed by atoms with Crippen LogP contribution < -0.4 is 5.32 Å². The Morgan fingerprint density at radius 2 is 1.78 bits per heavy atom. The molecule has 0 aliphatic carbocycles. The van der Waals surface area contributed by atoms with E-state index in [-0.39, 0.29) is 18.1 Å². The molecule has 1 amide bonds. The number of hydrogen-bond donors (Lipinski definition) is 1. The molecule has 1 fully saturated rings. The van der Waals surface area contributed by atoms with Crippen molar-refractivity contribution in [2.24, 2.45) is 0 Å². The second-order valence-corrected chi connectivity index (χ2v) is 9.01. The van der Waals surface area contributed by atoms with Gasteiger partial charge in [-0.25, -0.2) is 4.79 Å². The summed E-state index contributed by atoms with van der Waals surface area (Å²) in [4.78, 5) is 14.7. The predicted molar refractivity (Wildman–Crippen MR) is 112 cm³/mol. The second kappa shape index (κ2) is 8.44. The van der Waals surface area contributed by atoms with Gasteiger partial charge in [0.1, 0.15) is 5.60 Å². The Balaban J connectivity index is 1.74. The first-order valence-corrected chi connectivity index (χ1v) is 10.1. The topological polar surface area (TPSA) is 41.6 Å². The van der Waals surface area contributed by atoms with Gasteiger partial charge < -0.3 is 10.1 Å². The van der Waals surface area contributed by atoms with Crippen molar-refractivity contribution >= 4 is 22.0 Å². The van der Waals surface area contributed by atoms with Crippen LogP contribution in [0.15, 0.2) is 59.1 Å². The minimum absolute atomic E-state index is 0.0183. The van der Waals surface area contributed by atoms with E-state index in [0.717, 1.165) is 24.1 Å². The highest BCUT2D eigenvalue weighted by molar-refractivity contribution is 9.10. The highest BCUT2D eigenvalue weighted by Gasteiger charge is 2.35. The van der Waals surface area contributed by atoms with Crippen LogP contribution in [0.4, 0.5) is 4.79 Å². The van der Waals surface area contributed by atoms with Crippen molar-refractivity contribution in [2.75, 3.05) is 13.1 Å². The number of nitrogens with one attached hydrogen (secondary N) is 1. The van der Waals surface area contributed by atoms with Crippen LogP contribution in [-0.2, 0) is 11.3 Å². The van der Waals surface area contributed by atoms with Gasteiger partial charge >= 0.3 is 6.09 Å². The van der Waals surface area contributed by atoms with Gasteiger partial charge in [0.05, 0.1) is 6.04 Å². The highest BCUT2D eigenvalue weighted by Crippen LogP contribution is 2.30. The first-order chi connectivity index (χ1) is 12.8. The minimum Gasteiger partial charge on any atom is -0.444 e. The van der Waals surface area contributed by atoms with Crippen molar-refractivity contribution in [1.82, 2.24) is 10.2 Å². The summed E-state index contributed by atoms with van der Waals surface area (Å²) in [6.45, 7) is 8.23. The Morgan fingerprint density at radius 3 is 2.41 bits per heavy atom. The lowest BCUT2D eigenvalue weighted by atomic mass is 9.94. The maximum atomic E-state index is 12.4. The van der Waals surface area contributed by atoms with E-state index in [2.05, 4.69) is 74.7 Å². The summed E-state index contributed by atoms with van der Waals surface area (Å²) in [5.41, 5.74) is 2.01. The van der Waals surface area contributed by atoms with Gasteiger partial charge in [-0.3, -0.25) is 4.90 Å². The van der Waals surface area contributed by atoms with Gasteiger partial charge in [-0.2, -0.15) is 0 Å². The molecule has 1 heterocycles. The van der Waals surface area contributed by atoms with Gasteiger partial charge in [-0.15, -0.1) is 0 Å². The van der Waals surface area contributed by atoms with Gasteiger partial charge in [0.25, 0.3) is 0 Å². The number of carbonyl (C=O) groups excluding carboxylic acids is 1. The van der Waals surface area contributed by atoms with Crippen molar-refractivity contribution < 1.29 is 9.53 Å². The molecule has 5 heteroatoms. The smallest absolute Gasteiger partial charge is 0.407 e. The molecule has 144 valence electrons. The number of halogens is 1. The average Bonchev–Trinajstić information content (AvgIpc) is 2.97. The maximum absolute atomic E-state index is 12.4. The molecule has 1 aliphatic heterocycles. The largest absolute Gasteiger partial charge is 0.444 e. The average molecular weight is 431 g/mol. The SMILES string of the molecule is CC(C)(C)OC(=O)N[C@@H]1CN(Cc2ccccc2)C[C@H]1c1ccc(Br)cc1. The van der Waals surface area contributed by atoms with Crippen LogP contribution in [0.3, 0.4) is 0 Å². The van der Waals surface area contributed by atoms with Crippen LogP contribution in [0.1, 0.15) is 37.8 Å². The molecular formula is C22H27BrN2O2. The number of carbonyl (C=O) groups is 1. The summed E-state index contributed by atoms with van der Waals surface area (Å²) < 4.78 is 6.54. The Hall–Kier alpha value is -1.85. The van der Waals surface area contributed by atoms with Crippen molar-refractivity contribution in [3.8, 4) is 0 Å². The Morgan fingerprint density at radius 1 is 1.11 bits per heavy atom. The van der Waals surface area contributed by atoms with Crippen molar-refractivity contribution in [3.63, 3.8) is 0 Å². The van der Waals surface area contributed by atoms with E-state index in [1.54, 1.807) is 0 Å². The van der Waals surface area contributed by atoms with Crippen molar-refractivity contribution in [1.29, 1.82) is 0 Å². The molecule has 2 aromatic rings. The van der Waals surface area contributed by atoms with E-state index in [1.165, 1.54) is 11.1 Å². The molecule has 0 unspecified atom stereocenters. The Bertz CT molecular complexity index is 756. The van der Waals surface area contributed by atoms with Crippen molar-refractivity contribution in [2.45, 2.75) is 44.9 Å². The third-order valence-corrected chi connectivity index (χ3v) is 5.17. The van der Waals surface area contributed by atoms with E-state index in [9.17, 15) is 4.79 Å². The molecule has 0 saturated carbocycles. The van der Waals surface area contributed by atoms with Gasteiger partial charge in [-0.1, -0.05) is 58.4 Å². The zero-order valence-corrected chi connectivity index (χ0v) is 17.7. The molecular weight excluding hydrogens is 404 g/mol. The van der Waals surface area contributed by atoms with E-state index in [0.29, 0.717) is 0 Å². The summed E-state index contributed by atoms with van der Waals surface area (Å²) in [5.74, 6) is 0.231. The molecule has 2 atom stereocenters. The molecule has 2 aromatic carbocycles. The van der Waals surface area contributed by atoms with Crippen LogP contribution in [0.2, 0.25) is 0 Å². The second-order valence-electron chi connectivity index (χ2n) is 8.09. The lowest BCUT2D eigenvalue weighted by Crippen LogP contribution is -2.42. The van der Waals surface area contributed by atoms with Gasteiger partial charge in [0.2, 0.25) is 0 Å². The summed E-state index contributed by atoms with van der Waals surface area (Å²) in [5, 5.41) is 3.10. The number of ether oxygens (including phenoxy) is 1. The van der Waals surface area contributed by atoms with E-state index < -0.39 is 5.60 Å². The maximum Gasteiger partial charge on any atom is 0.407 e. The van der Waals surface area contributed by atoms with Crippen LogP contribution in [0, 0.1) is 0 Å². The lowest BCUT2D eigenvalue weighted by Gasteiger charge is -2.24. The van der Waals surface area contributed by atoms with E-state index in [1.807, 2.05) is 26.8 Å². The minimum atomic E-state index is -0.500. The summed E-state index contributed by atoms with van der Waals surface area (Å²) >= 11 is 3.50. The van der Waals surface area contributed by atoms with Crippen LogP contribution in [0.5, 0.6) is 0 Å². The molecule has 0 aromatic heterocycles. The number of alkyl carbamates (subject to hydrolysis) is 1. The van der Waals surface area contributed by atoms with Crippen molar-refractivity contribution in [3.05, 3.63) is 70.2 Å². The molecule has 1 aliphatic rings. The zero-order valence-electron chi connectivity index (χ0n) is 16.1. The molecule has 0 radical (unpaired) electrons. The normalized spacial score (nSPS) is 20.4. The fraction of sp³-hybridized carbons (Fsp3) is 0.409. The van der Waals surface area contributed by atoms with E-state index in [4.69, 9.17) is 4.74 Å². The quantitative estimate of drug-likeness (QED) is 0.746. The standard InChI is InChI=1S/C22H27BrN2O2/c1-22(2,3)27-21(26)24-20-15-25(13-16-7-5-4-6-8-16)14-19(20)17-9-11-18(23)12-10-17/h4-12,19-20H,13-15H2,1-3H3,(H,24,26)/t19-,20+/m0/s1. The third-order valence-electron chi connectivity index (χ3n) is 4.64. The predicted octanol–water partition coefficient (Wildman–Crippen LogP) is 4.94. The summed E-state index contributed by atoms with van der Waals surface area (Å²) in [6.07, 6.45) is -0.351. The van der Waals surface area contributed by atoms with Gasteiger partial charge in [0, 0.05) is 30.0 Å². The van der Waals surface area contributed by atoms with Crippen LogP contribution >= 0.6 is 15.9 Å². The highest BCUT2D eigenvalue weighted by atomic mass is 79.9. The number of nitrogens with zero attached hydrogens (tertiary/aromatic N) is 1. The van der Waals surface area contributed by atoms with Crippen LogP contribution in [0.25, 0.3) is 0 Å². The van der Waals surface area contributed by atoms with Crippen LogP contribution in [-0.4, -0.2) is 35.7 Å². The zero-order chi connectivity index (χ0) is 19.4. The molecule has 3 rings (SSSR count). The summed E-state index contributed by atoms with van der Waals surface area (Å²) in [7, 11) is 0. The molecule has 27 heavy (non-hydrogen) atoms. The number of benzene rings is 2. The lowest BCUT2D eigenvalue weighted by molar-refractivity contribution is 0.0502. The number of rotatable bonds is 4. The fourth-order valence-electron chi connectivity index (χ4n) is 3.51. The Labute approximate surface area is 170 Å². The summed E-state index contributed by atoms with van der Waals surface area (Å²) in [6, 6.07) is 18.8. The van der Waals surface area contributed by atoms with Gasteiger partial charge in [-0.05, 0) is 44.0 Å². The number of hydrogen-bond acceptors (Lipinski definition) is 3. The molecule has 0 bridgehead atoms. The monoisotopic (exact) mass is 430 g/mol.